The topological polar surface area (TPSA) is 132 Å². The molecule has 2 saturated heterocycles. The van der Waals surface area contributed by atoms with Gasteiger partial charge in [0.1, 0.15) is 11.5 Å². The number of β-lactam (4-membered cyclic amide) rings is 1. The van der Waals surface area contributed by atoms with Gasteiger partial charge in [0.05, 0.1) is 36.9 Å². The highest BCUT2D eigenvalue weighted by atomic mass is 32.2. The van der Waals surface area contributed by atoms with E-state index in [9.17, 15) is 24.6 Å². The van der Waals surface area contributed by atoms with Gasteiger partial charge in [-0.05, 0) is 25.5 Å². The van der Waals surface area contributed by atoms with Crippen molar-refractivity contribution in [3.8, 4) is 0 Å². The van der Waals surface area contributed by atoms with E-state index < -0.39 is 18.0 Å². The van der Waals surface area contributed by atoms with Crippen molar-refractivity contribution < 1.29 is 29.0 Å². The molecule has 1 aromatic heterocycles. The minimum atomic E-state index is -1.14. The molecule has 0 aliphatic carbocycles. The van der Waals surface area contributed by atoms with E-state index in [1.165, 1.54) is 16.7 Å². The fourth-order valence-electron chi connectivity index (χ4n) is 4.56. The minimum absolute atomic E-state index is 0.00923. The number of carbonyl (C=O) groups excluding carboxylic acids is 2. The highest BCUT2D eigenvalue weighted by Crippen LogP contribution is 2.51. The second-order valence-corrected chi connectivity index (χ2v) is 9.35. The summed E-state index contributed by atoms with van der Waals surface area (Å²) in [4.78, 5) is 38.7. The first kappa shape index (κ1) is 21.0. The molecule has 6 atom stereocenters. The Morgan fingerprint density at radius 1 is 1.47 bits per heavy atom. The molecule has 3 aliphatic heterocycles. The van der Waals surface area contributed by atoms with Crippen LogP contribution < -0.4 is 10.6 Å². The Balaban J connectivity index is 1.41. The van der Waals surface area contributed by atoms with Crippen molar-refractivity contribution in [2.24, 2.45) is 11.8 Å². The number of rotatable bonds is 7. The van der Waals surface area contributed by atoms with Crippen LogP contribution in [0.2, 0.25) is 0 Å². The Bertz CT molecular complexity index is 883. The Kier molecular flexibility index (Phi) is 5.65. The van der Waals surface area contributed by atoms with Gasteiger partial charge in [0.2, 0.25) is 11.8 Å². The number of aliphatic hydroxyl groups is 1. The summed E-state index contributed by atoms with van der Waals surface area (Å²) in [5.74, 6) is -1.68. The first-order chi connectivity index (χ1) is 14.3. The Hall–Kier alpha value is -2.30. The number of aliphatic hydroxyl groups excluding tert-OH is 1. The Labute approximate surface area is 177 Å². The van der Waals surface area contributed by atoms with Gasteiger partial charge < -0.3 is 30.2 Å². The molecule has 162 valence electrons. The van der Waals surface area contributed by atoms with Crippen LogP contribution in [0, 0.1) is 11.8 Å². The third-order valence-electron chi connectivity index (χ3n) is 6.03. The number of amides is 2. The van der Waals surface area contributed by atoms with Gasteiger partial charge in [-0.15, -0.1) is 11.8 Å². The number of carboxylic acid groups (broad SMARTS) is 1. The number of fused-ring (bicyclic) bond motifs is 1. The van der Waals surface area contributed by atoms with Crippen LogP contribution >= 0.6 is 11.8 Å². The van der Waals surface area contributed by atoms with Gasteiger partial charge in [-0.25, -0.2) is 4.79 Å². The molecule has 0 spiro atoms. The van der Waals surface area contributed by atoms with Crippen molar-refractivity contribution in [3.05, 3.63) is 34.8 Å². The number of nitrogens with zero attached hydrogens (tertiary/aromatic N) is 1. The molecule has 10 heteroatoms. The molecule has 4 heterocycles. The summed E-state index contributed by atoms with van der Waals surface area (Å²) in [6.45, 7) is 4.33. The molecule has 2 fully saturated rings. The van der Waals surface area contributed by atoms with Crippen molar-refractivity contribution in [3.63, 3.8) is 0 Å². The van der Waals surface area contributed by atoms with Crippen LogP contribution in [-0.4, -0.2) is 62.9 Å². The summed E-state index contributed by atoms with van der Waals surface area (Å²) < 4.78 is 5.21. The number of nitrogens with one attached hydrogen (secondary N) is 2. The summed E-state index contributed by atoms with van der Waals surface area (Å²) in [7, 11) is 0. The maximum Gasteiger partial charge on any atom is 0.353 e. The third-order valence-corrected chi connectivity index (χ3v) is 7.54. The van der Waals surface area contributed by atoms with Crippen LogP contribution in [0.15, 0.2) is 33.4 Å². The molecule has 9 nitrogen and oxygen atoms in total. The van der Waals surface area contributed by atoms with Crippen molar-refractivity contribution >= 4 is 29.5 Å². The van der Waals surface area contributed by atoms with Crippen molar-refractivity contribution in [1.29, 1.82) is 0 Å². The molecule has 2 amide bonds. The van der Waals surface area contributed by atoms with Crippen molar-refractivity contribution in [2.75, 3.05) is 6.54 Å². The largest absolute Gasteiger partial charge is 0.477 e. The zero-order valence-corrected chi connectivity index (χ0v) is 17.5. The van der Waals surface area contributed by atoms with Crippen LogP contribution in [-0.2, 0) is 20.9 Å². The summed E-state index contributed by atoms with van der Waals surface area (Å²) in [6, 6.07) is 2.85. The first-order valence-corrected chi connectivity index (χ1v) is 10.9. The molecular weight excluding hydrogens is 410 g/mol. The number of carboxylic acids is 1. The van der Waals surface area contributed by atoms with Gasteiger partial charge in [0, 0.05) is 22.6 Å². The molecule has 4 N–H and O–H groups in total. The van der Waals surface area contributed by atoms with E-state index in [0.717, 1.165) is 0 Å². The van der Waals surface area contributed by atoms with E-state index >= 15 is 0 Å². The SMILES string of the molecule is CC1C(S[C@@H]2CN[C@H](C(=O)NCc3ccco3)C2)=C(C(=O)O)N2C(=O)[C@H]([C@@H](C)O)[C@@H]12. The monoisotopic (exact) mass is 435 g/mol. The van der Waals surface area contributed by atoms with E-state index in [4.69, 9.17) is 4.42 Å². The molecule has 0 radical (unpaired) electrons. The van der Waals surface area contributed by atoms with E-state index in [2.05, 4.69) is 10.6 Å². The van der Waals surface area contributed by atoms with Crippen molar-refractivity contribution in [2.45, 2.75) is 50.3 Å². The van der Waals surface area contributed by atoms with Gasteiger partial charge in [0.25, 0.3) is 0 Å². The predicted molar refractivity (Wildman–Crippen MR) is 108 cm³/mol. The maximum atomic E-state index is 12.4. The van der Waals surface area contributed by atoms with Crippen LogP contribution in [0.4, 0.5) is 0 Å². The van der Waals surface area contributed by atoms with Crippen LogP contribution in [0.3, 0.4) is 0 Å². The van der Waals surface area contributed by atoms with E-state index in [1.54, 1.807) is 25.3 Å². The van der Waals surface area contributed by atoms with E-state index in [0.29, 0.717) is 30.2 Å². The molecule has 1 unspecified atom stereocenters. The third kappa shape index (κ3) is 3.52. The predicted octanol–water partition coefficient (Wildman–Crippen LogP) is 0.513. The molecule has 3 aliphatic rings. The molecule has 0 saturated carbocycles. The lowest BCUT2D eigenvalue weighted by atomic mass is 9.79. The second kappa shape index (κ2) is 8.09. The fraction of sp³-hybridized carbons (Fsp3) is 0.550. The van der Waals surface area contributed by atoms with Gasteiger partial charge in [-0.2, -0.15) is 0 Å². The Morgan fingerprint density at radius 2 is 2.23 bits per heavy atom. The minimum Gasteiger partial charge on any atom is -0.477 e. The zero-order valence-electron chi connectivity index (χ0n) is 16.7. The number of carbonyl (C=O) groups is 3. The maximum absolute atomic E-state index is 12.4. The quantitative estimate of drug-likeness (QED) is 0.456. The normalized spacial score (nSPS) is 31.5. The van der Waals surface area contributed by atoms with Gasteiger partial charge in [0.15, 0.2) is 0 Å². The van der Waals surface area contributed by atoms with Crippen molar-refractivity contribution in [1.82, 2.24) is 15.5 Å². The molecule has 4 rings (SSSR count). The number of aliphatic carboxylic acids is 1. The highest BCUT2D eigenvalue weighted by Gasteiger charge is 2.60. The summed E-state index contributed by atoms with van der Waals surface area (Å²) in [6.07, 6.45) is 1.28. The number of hydrogen-bond acceptors (Lipinski definition) is 7. The van der Waals surface area contributed by atoms with Crippen LogP contribution in [0.5, 0.6) is 0 Å². The smallest absolute Gasteiger partial charge is 0.353 e. The molecule has 30 heavy (non-hydrogen) atoms. The summed E-state index contributed by atoms with van der Waals surface area (Å²) >= 11 is 1.42. The Morgan fingerprint density at radius 3 is 2.87 bits per heavy atom. The number of furan rings is 1. The van der Waals surface area contributed by atoms with Crippen LogP contribution in [0.25, 0.3) is 0 Å². The summed E-state index contributed by atoms with van der Waals surface area (Å²) in [5.41, 5.74) is 0.0186. The van der Waals surface area contributed by atoms with Crippen LogP contribution in [0.1, 0.15) is 26.0 Å². The average Bonchev–Trinajstić information content (AvgIpc) is 3.40. The standard InChI is InChI=1S/C20H25N3O6S/c1-9-15-14(10(2)24)19(26)23(15)16(20(27)28)17(9)30-12-6-13(21-8-12)18(25)22-7-11-4-3-5-29-11/h3-5,9-10,12-15,21,24H,6-8H2,1-2H3,(H,22,25)(H,27,28)/t9?,10-,12+,13+,14-,15-/m1/s1. The zero-order chi connectivity index (χ0) is 21.6. The number of hydrogen-bond donors (Lipinski definition) is 4. The highest BCUT2D eigenvalue weighted by molar-refractivity contribution is 8.03. The molecule has 1 aromatic rings. The number of thioether (sulfide) groups is 1. The lowest BCUT2D eigenvalue weighted by Crippen LogP contribution is -2.63. The molecule has 0 bridgehead atoms. The second-order valence-electron chi connectivity index (χ2n) is 8.01. The lowest BCUT2D eigenvalue weighted by molar-refractivity contribution is -0.163. The van der Waals surface area contributed by atoms with Gasteiger partial charge in [-0.1, -0.05) is 6.92 Å². The average molecular weight is 436 g/mol. The molecular formula is C20H25N3O6S. The fourth-order valence-corrected chi connectivity index (χ4v) is 6.04. The lowest BCUT2D eigenvalue weighted by Gasteiger charge is -2.46. The van der Waals surface area contributed by atoms with Gasteiger partial charge >= 0.3 is 5.97 Å². The molecule has 0 aromatic carbocycles. The van der Waals surface area contributed by atoms with E-state index in [1.807, 2.05) is 6.92 Å². The summed E-state index contributed by atoms with van der Waals surface area (Å²) in [5, 5.41) is 25.7. The van der Waals surface area contributed by atoms with E-state index in [-0.39, 0.29) is 40.8 Å². The first-order valence-electron chi connectivity index (χ1n) is 9.98. The van der Waals surface area contributed by atoms with Gasteiger partial charge in [-0.3, -0.25) is 9.59 Å².